The van der Waals surface area contributed by atoms with Gasteiger partial charge >= 0.3 is 0 Å². The first-order valence-corrected chi connectivity index (χ1v) is 15.0. The maximum Gasteiger partial charge on any atom is 0.134 e. The monoisotopic (exact) mass is 576 g/mol. The third kappa shape index (κ3) is 4.94. The van der Waals surface area contributed by atoms with E-state index in [0.29, 0.717) is 33.8 Å². The number of aromatic amines is 1. The van der Waals surface area contributed by atoms with Crippen molar-refractivity contribution >= 4 is 21.8 Å². The number of phenolic OH excluding ortho intramolecular Hbond substituents is 2. The number of nitrogens with zero attached hydrogens (tertiary/aromatic N) is 3. The minimum absolute atomic E-state index is 0.140. The molecule has 0 saturated heterocycles. The number of aromatic hydroxyl groups is 2. The maximum absolute atomic E-state index is 11.5. The molecule has 7 aromatic rings. The molecule has 4 heterocycles. The summed E-state index contributed by atoms with van der Waals surface area (Å²) in [7, 11) is 0. The van der Waals surface area contributed by atoms with E-state index in [4.69, 9.17) is 9.97 Å². The number of aromatic nitrogens is 4. The number of hydrogen-bond donors (Lipinski definition) is 3. The first-order chi connectivity index (χ1) is 21.5. The fraction of sp³-hybridized carbons (Fsp3) is 0.132. The van der Waals surface area contributed by atoms with Crippen LogP contribution in [0.25, 0.3) is 66.8 Å². The molecule has 3 N–H and O–H groups in total. The van der Waals surface area contributed by atoms with E-state index < -0.39 is 0 Å². The Morgan fingerprint density at radius 1 is 0.659 bits per heavy atom. The standard InChI is InChI=1S/C38H32N4O2/c1-3-4-8-24-21-29(32-10-7-18-40-32)38(44)30(22-24)34-16-14-26-12-11-25-13-15-33(41-35(25)36(26)42-34)28-20-23(2)19-27(37(28)43)31-9-5-6-17-39-31/h5-7,9-22,40,43-44H,3-4,8H2,1-2H3. The molecule has 0 aliphatic rings. The van der Waals surface area contributed by atoms with Crippen LogP contribution in [0.2, 0.25) is 0 Å². The normalized spacial score (nSPS) is 11.4. The third-order valence-electron chi connectivity index (χ3n) is 8.14. The van der Waals surface area contributed by atoms with Gasteiger partial charge in [0.05, 0.1) is 28.1 Å². The quantitative estimate of drug-likeness (QED) is 0.164. The number of unbranched alkanes of at least 4 members (excludes halogenated alkanes) is 1. The molecular weight excluding hydrogens is 544 g/mol. The van der Waals surface area contributed by atoms with Crippen molar-refractivity contribution in [2.24, 2.45) is 0 Å². The van der Waals surface area contributed by atoms with Gasteiger partial charge in [-0.1, -0.05) is 43.7 Å². The number of hydrogen-bond acceptors (Lipinski definition) is 5. The summed E-state index contributed by atoms with van der Waals surface area (Å²) < 4.78 is 0. The van der Waals surface area contributed by atoms with E-state index in [1.807, 2.05) is 92.0 Å². The molecule has 0 aliphatic heterocycles. The second-order valence-electron chi connectivity index (χ2n) is 11.3. The van der Waals surface area contributed by atoms with Crippen molar-refractivity contribution in [3.05, 3.63) is 115 Å². The topological polar surface area (TPSA) is 94.9 Å². The fourth-order valence-electron chi connectivity index (χ4n) is 5.88. The second-order valence-corrected chi connectivity index (χ2v) is 11.3. The smallest absolute Gasteiger partial charge is 0.134 e. The Balaban J connectivity index is 1.40. The van der Waals surface area contributed by atoms with E-state index in [1.54, 1.807) is 6.20 Å². The minimum atomic E-state index is 0.140. The molecule has 0 atom stereocenters. The van der Waals surface area contributed by atoms with Gasteiger partial charge in [0.25, 0.3) is 0 Å². The third-order valence-corrected chi connectivity index (χ3v) is 8.14. The van der Waals surface area contributed by atoms with E-state index in [1.165, 1.54) is 0 Å². The van der Waals surface area contributed by atoms with Crippen LogP contribution in [0.15, 0.2) is 103 Å². The Morgan fingerprint density at radius 3 is 1.89 bits per heavy atom. The number of phenols is 2. The molecule has 0 saturated carbocycles. The molecule has 0 spiro atoms. The van der Waals surface area contributed by atoms with Crippen molar-refractivity contribution in [3.8, 4) is 56.5 Å². The molecule has 0 unspecified atom stereocenters. The van der Waals surface area contributed by atoms with Crippen molar-refractivity contribution in [2.75, 3.05) is 0 Å². The van der Waals surface area contributed by atoms with Gasteiger partial charge in [-0.25, -0.2) is 9.97 Å². The lowest BCUT2D eigenvalue weighted by atomic mass is 9.96. The highest BCUT2D eigenvalue weighted by molar-refractivity contribution is 6.04. The summed E-state index contributed by atoms with van der Waals surface area (Å²) in [5.74, 6) is 0.334. The largest absolute Gasteiger partial charge is 0.507 e. The van der Waals surface area contributed by atoms with Gasteiger partial charge in [0.2, 0.25) is 0 Å². The van der Waals surface area contributed by atoms with Gasteiger partial charge in [-0.15, -0.1) is 0 Å². The number of aryl methyl sites for hydroxylation is 2. The molecule has 4 aromatic heterocycles. The average Bonchev–Trinajstić information content (AvgIpc) is 3.60. The Hall–Kier alpha value is -5.49. The van der Waals surface area contributed by atoms with Crippen molar-refractivity contribution in [1.82, 2.24) is 19.9 Å². The highest BCUT2D eigenvalue weighted by Gasteiger charge is 2.18. The highest BCUT2D eigenvalue weighted by atomic mass is 16.3. The predicted octanol–water partition coefficient (Wildman–Crippen LogP) is 9.24. The van der Waals surface area contributed by atoms with Gasteiger partial charge in [-0.05, 0) is 91.6 Å². The molecule has 7 rings (SSSR count). The van der Waals surface area contributed by atoms with Crippen LogP contribution < -0.4 is 0 Å². The molecule has 6 nitrogen and oxygen atoms in total. The zero-order valence-electron chi connectivity index (χ0n) is 24.7. The predicted molar refractivity (Wildman–Crippen MR) is 178 cm³/mol. The van der Waals surface area contributed by atoms with Gasteiger partial charge in [-0.3, -0.25) is 4.98 Å². The van der Waals surface area contributed by atoms with Crippen LogP contribution >= 0.6 is 0 Å². The molecule has 0 aliphatic carbocycles. The zero-order chi connectivity index (χ0) is 30.2. The summed E-state index contributed by atoms with van der Waals surface area (Å²) in [4.78, 5) is 17.9. The van der Waals surface area contributed by atoms with Gasteiger partial charge in [0, 0.05) is 51.1 Å². The van der Waals surface area contributed by atoms with Crippen LogP contribution in [0.5, 0.6) is 11.5 Å². The molecule has 0 fully saturated rings. The molecule has 216 valence electrons. The second kappa shape index (κ2) is 11.3. The maximum atomic E-state index is 11.5. The zero-order valence-corrected chi connectivity index (χ0v) is 24.7. The first-order valence-electron chi connectivity index (χ1n) is 15.0. The molecule has 0 amide bonds. The van der Waals surface area contributed by atoms with Crippen molar-refractivity contribution < 1.29 is 10.2 Å². The van der Waals surface area contributed by atoms with Gasteiger partial charge in [-0.2, -0.15) is 0 Å². The van der Waals surface area contributed by atoms with E-state index in [0.717, 1.165) is 63.5 Å². The number of pyridine rings is 3. The Bertz CT molecular complexity index is 2140. The van der Waals surface area contributed by atoms with Gasteiger partial charge in [0.1, 0.15) is 11.5 Å². The van der Waals surface area contributed by atoms with E-state index in [2.05, 4.69) is 29.0 Å². The van der Waals surface area contributed by atoms with E-state index >= 15 is 0 Å². The van der Waals surface area contributed by atoms with Crippen LogP contribution in [-0.4, -0.2) is 30.1 Å². The number of nitrogens with one attached hydrogen (secondary N) is 1. The summed E-state index contributed by atoms with van der Waals surface area (Å²) in [6, 6.07) is 29.6. The fourth-order valence-corrected chi connectivity index (χ4v) is 5.88. The van der Waals surface area contributed by atoms with Crippen LogP contribution in [0, 0.1) is 6.92 Å². The van der Waals surface area contributed by atoms with Crippen LogP contribution in [-0.2, 0) is 6.42 Å². The average molecular weight is 577 g/mol. The van der Waals surface area contributed by atoms with Crippen molar-refractivity contribution in [3.63, 3.8) is 0 Å². The number of benzene rings is 3. The minimum Gasteiger partial charge on any atom is -0.507 e. The molecule has 44 heavy (non-hydrogen) atoms. The lowest BCUT2D eigenvalue weighted by Gasteiger charge is -2.14. The van der Waals surface area contributed by atoms with E-state index in [9.17, 15) is 10.2 Å². The van der Waals surface area contributed by atoms with Crippen LogP contribution in [0.3, 0.4) is 0 Å². The van der Waals surface area contributed by atoms with E-state index in [-0.39, 0.29) is 11.5 Å². The Kier molecular flexibility index (Phi) is 7.03. The number of rotatable bonds is 7. The molecule has 3 aromatic carbocycles. The SMILES string of the molecule is CCCCc1cc(-c2ccc3ccc4ccc(-c5cc(C)cc(-c6ccccn6)c5O)nc4c3n2)c(O)c(-c2ccc[nH]2)c1. The lowest BCUT2D eigenvalue weighted by molar-refractivity contribution is 0.478. The Labute approximate surface area is 255 Å². The number of H-pyrrole nitrogens is 1. The summed E-state index contributed by atoms with van der Waals surface area (Å²) >= 11 is 0. The molecule has 0 bridgehead atoms. The lowest BCUT2D eigenvalue weighted by Crippen LogP contribution is -1.95. The van der Waals surface area contributed by atoms with Crippen LogP contribution in [0.4, 0.5) is 0 Å². The van der Waals surface area contributed by atoms with Crippen molar-refractivity contribution in [1.29, 1.82) is 0 Å². The molecular formula is C38H32N4O2. The summed E-state index contributed by atoms with van der Waals surface area (Å²) in [5, 5.41) is 24.8. The molecule has 6 heteroatoms. The van der Waals surface area contributed by atoms with Gasteiger partial charge in [0.15, 0.2) is 0 Å². The first kappa shape index (κ1) is 27.3. The summed E-state index contributed by atoms with van der Waals surface area (Å²) in [6.45, 7) is 4.18. The summed E-state index contributed by atoms with van der Waals surface area (Å²) in [6.07, 6.45) is 6.65. The number of fused-ring (bicyclic) bond motifs is 3. The Morgan fingerprint density at radius 2 is 1.27 bits per heavy atom. The highest BCUT2D eigenvalue weighted by Crippen LogP contribution is 2.41. The summed E-state index contributed by atoms with van der Waals surface area (Å²) in [5.41, 5.74) is 9.26. The van der Waals surface area contributed by atoms with Crippen molar-refractivity contribution in [2.45, 2.75) is 33.1 Å². The van der Waals surface area contributed by atoms with Crippen LogP contribution in [0.1, 0.15) is 30.9 Å². The van der Waals surface area contributed by atoms with Gasteiger partial charge < -0.3 is 15.2 Å². The molecule has 0 radical (unpaired) electrons.